The summed E-state index contributed by atoms with van der Waals surface area (Å²) in [5, 5.41) is 0. The molecule has 0 bridgehead atoms. The Kier molecular flexibility index (Phi) is 71.8. The molecule has 0 atom stereocenters. The van der Waals surface area contributed by atoms with Gasteiger partial charge in [-0.05, 0) is 0 Å². The van der Waals surface area contributed by atoms with Crippen LogP contribution in [0.25, 0.3) is 0 Å². The van der Waals surface area contributed by atoms with Crippen molar-refractivity contribution in [1.29, 1.82) is 0 Å². The molecular weight excluding hydrogens is 380 g/mol. The van der Waals surface area contributed by atoms with E-state index in [2.05, 4.69) is 0 Å². The zero-order valence-corrected chi connectivity index (χ0v) is 17.4. The molecular formula is CaMgO9Si3Sr. The molecule has 0 spiro atoms. The fourth-order valence-electron chi connectivity index (χ4n) is 0. The minimum Gasteiger partial charge on any atom is -0.672 e. The van der Waals surface area contributed by atoms with E-state index in [0.29, 0.717) is 0 Å². The first-order valence-electron chi connectivity index (χ1n) is 1.84. The van der Waals surface area contributed by atoms with Crippen LogP contribution in [0.5, 0.6) is 0 Å². The third kappa shape index (κ3) is 607. The summed E-state index contributed by atoms with van der Waals surface area (Å²) in [5.41, 5.74) is 0. The molecule has 0 amide bonds. The van der Waals surface area contributed by atoms with Gasteiger partial charge in [0.1, 0.15) is 0 Å². The molecule has 0 N–H and O–H groups in total. The molecule has 0 aliphatic heterocycles. The molecule has 0 aromatic heterocycles. The monoisotopic (exact) mass is 380 g/mol. The van der Waals surface area contributed by atoms with Crippen molar-refractivity contribution >= 4 is 134 Å². The van der Waals surface area contributed by atoms with E-state index in [1.807, 2.05) is 0 Å². The van der Waals surface area contributed by atoms with Gasteiger partial charge in [0, 0.05) is 27.5 Å². The predicted octanol–water partition coefficient (Wildman–Crippen LogP) is -9.78. The minimum atomic E-state index is -3.63. The largest absolute Gasteiger partial charge is 2.00 e. The van der Waals surface area contributed by atoms with Crippen molar-refractivity contribution in [2.24, 2.45) is 0 Å². The molecule has 0 radical (unpaired) electrons. The van der Waals surface area contributed by atoms with Gasteiger partial charge >= 0.3 is 106 Å². The summed E-state index contributed by atoms with van der Waals surface area (Å²) in [7, 11) is -10.9. The second-order valence-electron chi connectivity index (χ2n) is 0.750. The van der Waals surface area contributed by atoms with E-state index in [-0.39, 0.29) is 106 Å². The van der Waals surface area contributed by atoms with Crippen molar-refractivity contribution in [1.82, 2.24) is 0 Å². The van der Waals surface area contributed by atoms with Gasteiger partial charge in [-0.15, -0.1) is 0 Å². The van der Waals surface area contributed by atoms with Crippen LogP contribution < -0.4 is 28.8 Å². The van der Waals surface area contributed by atoms with E-state index in [4.69, 9.17) is 42.2 Å². The van der Waals surface area contributed by atoms with Crippen LogP contribution in [-0.4, -0.2) is 134 Å². The van der Waals surface area contributed by atoms with Crippen LogP contribution in [0.15, 0.2) is 0 Å². The maximum Gasteiger partial charge on any atom is 2.00 e. The van der Waals surface area contributed by atoms with Gasteiger partial charge in [0.25, 0.3) is 0 Å². The minimum absolute atomic E-state index is 0. The van der Waals surface area contributed by atoms with Crippen LogP contribution in [0.1, 0.15) is 0 Å². The standard InChI is InChI=1S/Ca.Mg.3O3Si.Sr/c;;3*1-4(2)3;/q2*+2;3*-2;+2. The fraction of sp³-hybridized carbons (Fsp3) is 0. The average molecular weight is 380 g/mol. The van der Waals surface area contributed by atoms with Crippen LogP contribution in [0.2, 0.25) is 0 Å². The third-order valence-electron chi connectivity index (χ3n) is 0. The molecule has 0 unspecified atom stereocenters. The van der Waals surface area contributed by atoms with Gasteiger partial charge in [0.05, 0.1) is 0 Å². The summed E-state index contributed by atoms with van der Waals surface area (Å²) >= 11 is 0. The Balaban J connectivity index is -0.0000000184. The molecule has 0 heterocycles. The van der Waals surface area contributed by atoms with Crippen LogP contribution >= 0.6 is 0 Å². The Morgan fingerprint density at radius 2 is 0.600 bits per heavy atom. The van der Waals surface area contributed by atoms with E-state index in [0.717, 1.165) is 0 Å². The molecule has 9 nitrogen and oxygen atoms in total. The van der Waals surface area contributed by atoms with Gasteiger partial charge in [-0.1, -0.05) is 0 Å². The first-order valence-corrected chi connectivity index (χ1v) is 5.51. The van der Waals surface area contributed by atoms with Crippen molar-refractivity contribution in [2.45, 2.75) is 0 Å². The Morgan fingerprint density at radius 1 is 0.600 bits per heavy atom. The zero-order chi connectivity index (χ0) is 10.7. The van der Waals surface area contributed by atoms with Crippen LogP contribution in [0.3, 0.4) is 0 Å². The summed E-state index contributed by atoms with van der Waals surface area (Å²) in [6, 6.07) is 0. The van der Waals surface area contributed by atoms with Crippen molar-refractivity contribution < 1.29 is 42.2 Å². The van der Waals surface area contributed by atoms with Gasteiger partial charge in [-0.3, -0.25) is 0 Å². The molecule has 0 aliphatic carbocycles. The Morgan fingerprint density at radius 3 is 0.600 bits per heavy atom. The van der Waals surface area contributed by atoms with Gasteiger partial charge in [-0.2, -0.15) is 0 Å². The average Bonchev–Trinajstić information content (AvgIpc) is 1.54. The topological polar surface area (TPSA) is 190 Å². The molecule has 0 rings (SSSR count). The molecule has 0 aliphatic rings. The van der Waals surface area contributed by atoms with Gasteiger partial charge < -0.3 is 42.2 Å². The molecule has 0 saturated heterocycles. The van der Waals surface area contributed by atoms with Gasteiger partial charge in [0.15, 0.2) is 0 Å². The summed E-state index contributed by atoms with van der Waals surface area (Å²) in [6.07, 6.45) is 0. The van der Waals surface area contributed by atoms with Crippen molar-refractivity contribution in [3.63, 3.8) is 0 Å². The van der Waals surface area contributed by atoms with E-state index in [1.54, 1.807) is 0 Å². The summed E-state index contributed by atoms with van der Waals surface area (Å²) in [4.78, 5) is 51.1. The number of rotatable bonds is 0. The zero-order valence-electron chi connectivity index (χ0n) is 7.30. The second kappa shape index (κ2) is 29.9. The molecule has 0 saturated carbocycles. The van der Waals surface area contributed by atoms with Crippen LogP contribution in [0, 0.1) is 0 Å². The molecule has 15 heteroatoms. The molecule has 15 heavy (non-hydrogen) atoms. The maximum atomic E-state index is 8.52. The summed E-state index contributed by atoms with van der Waals surface area (Å²) in [5.74, 6) is 0. The third-order valence-corrected chi connectivity index (χ3v) is 0. The Labute approximate surface area is 172 Å². The Bertz CT molecular complexity index is 123. The molecule has 72 valence electrons. The fourth-order valence-corrected chi connectivity index (χ4v) is 0. The quantitative estimate of drug-likeness (QED) is 0.367. The normalized spacial score (nSPS) is 4.80. The summed E-state index contributed by atoms with van der Waals surface area (Å²) < 4.78 is 25.6. The Hall–Kier alpha value is 2.36. The molecule has 0 aromatic rings. The maximum absolute atomic E-state index is 8.52. The van der Waals surface area contributed by atoms with Crippen LogP contribution in [-0.2, 0) is 13.4 Å². The van der Waals surface area contributed by atoms with Gasteiger partial charge in [0.2, 0.25) is 0 Å². The summed E-state index contributed by atoms with van der Waals surface area (Å²) in [6.45, 7) is 0. The van der Waals surface area contributed by atoms with E-state index >= 15 is 0 Å². The smallest absolute Gasteiger partial charge is 0.672 e. The second-order valence-corrected chi connectivity index (χ2v) is 2.25. The number of hydrogen-bond acceptors (Lipinski definition) is 9. The van der Waals surface area contributed by atoms with Gasteiger partial charge in [-0.25, -0.2) is 0 Å². The predicted molar refractivity (Wildman–Crippen MR) is 36.6 cm³/mol. The van der Waals surface area contributed by atoms with Crippen molar-refractivity contribution in [2.75, 3.05) is 0 Å². The van der Waals surface area contributed by atoms with Crippen LogP contribution in [0.4, 0.5) is 0 Å². The molecule has 0 fully saturated rings. The van der Waals surface area contributed by atoms with E-state index in [1.165, 1.54) is 0 Å². The van der Waals surface area contributed by atoms with Crippen molar-refractivity contribution in [3.8, 4) is 0 Å². The first kappa shape index (κ1) is 36.0. The molecule has 0 aromatic carbocycles. The SMILES string of the molecule is O=[Si]([O-])[O-].O=[Si]([O-])[O-].O=[Si]([O-])[O-].[Ca+2].[Mg+2].[Sr+2]. The van der Waals surface area contributed by atoms with E-state index < -0.39 is 27.5 Å². The first-order chi connectivity index (χ1) is 5.20. The van der Waals surface area contributed by atoms with Crippen molar-refractivity contribution in [3.05, 3.63) is 0 Å². The number of hydrogen-bond donors (Lipinski definition) is 0. The van der Waals surface area contributed by atoms with E-state index in [9.17, 15) is 0 Å².